The summed E-state index contributed by atoms with van der Waals surface area (Å²) in [6.45, 7) is -0.00919. The van der Waals surface area contributed by atoms with Crippen LogP contribution in [0.25, 0.3) is 0 Å². The van der Waals surface area contributed by atoms with Crippen molar-refractivity contribution in [3.8, 4) is 5.88 Å². The van der Waals surface area contributed by atoms with Crippen molar-refractivity contribution in [2.24, 2.45) is 0 Å². The van der Waals surface area contributed by atoms with Crippen molar-refractivity contribution in [2.75, 3.05) is 19.7 Å². The van der Waals surface area contributed by atoms with Gasteiger partial charge < -0.3 is 10.1 Å². The lowest BCUT2D eigenvalue weighted by molar-refractivity contribution is -0.154. The molecule has 0 saturated carbocycles. The highest BCUT2D eigenvalue weighted by Gasteiger charge is 2.29. The monoisotopic (exact) mass is 375 g/mol. The third-order valence-electron chi connectivity index (χ3n) is 3.06. The molecule has 0 spiro atoms. The average molecular weight is 376 g/mol. The number of aromatic nitrogens is 1. The molecule has 1 aromatic heterocycles. The van der Waals surface area contributed by atoms with Crippen molar-refractivity contribution >= 4 is 22.4 Å². The van der Waals surface area contributed by atoms with Crippen LogP contribution in [0.1, 0.15) is 12.8 Å². The molecular weight excluding hydrogens is 359 g/mol. The van der Waals surface area contributed by atoms with Gasteiger partial charge in [-0.3, -0.25) is 0 Å². The summed E-state index contributed by atoms with van der Waals surface area (Å²) in [5.41, 5.74) is 0. The Hall–Kier alpha value is -1.10. The largest absolute Gasteiger partial charge is 0.468 e. The molecule has 2 heterocycles. The van der Waals surface area contributed by atoms with Crippen LogP contribution in [0, 0.1) is 0 Å². The van der Waals surface area contributed by atoms with Gasteiger partial charge in [-0.2, -0.15) is 13.2 Å². The van der Waals surface area contributed by atoms with Gasteiger partial charge in [0, 0.05) is 12.1 Å². The van der Waals surface area contributed by atoms with Crippen LogP contribution in [-0.4, -0.2) is 45.3 Å². The van der Waals surface area contributed by atoms with E-state index in [4.69, 9.17) is 0 Å². The summed E-state index contributed by atoms with van der Waals surface area (Å²) in [5, 5.41) is 3.12. The maximum atomic E-state index is 12.1. The number of ether oxygens (including phenoxy) is 1. The highest BCUT2D eigenvalue weighted by atomic mass is 35.5. The van der Waals surface area contributed by atoms with E-state index in [0.717, 1.165) is 25.4 Å². The highest BCUT2D eigenvalue weighted by Crippen LogP contribution is 2.18. The Kier molecular flexibility index (Phi) is 7.05. The number of rotatable bonds is 5. The minimum absolute atomic E-state index is 0. The molecule has 1 saturated heterocycles. The lowest BCUT2D eigenvalue weighted by Crippen LogP contribution is -2.42. The van der Waals surface area contributed by atoms with Gasteiger partial charge in [0.15, 0.2) is 6.61 Å². The molecule has 23 heavy (non-hydrogen) atoms. The molecule has 0 amide bonds. The van der Waals surface area contributed by atoms with Gasteiger partial charge in [-0.25, -0.2) is 18.1 Å². The van der Waals surface area contributed by atoms with E-state index in [1.54, 1.807) is 0 Å². The molecule has 1 aromatic rings. The summed E-state index contributed by atoms with van der Waals surface area (Å²) in [6.07, 6.45) is -2.13. The van der Waals surface area contributed by atoms with Gasteiger partial charge >= 0.3 is 6.18 Å². The SMILES string of the molecule is Cl.O=S(=O)(NC1CCNCC1)c1ccc(OCC(F)(F)F)nc1. The number of alkyl halides is 3. The summed E-state index contributed by atoms with van der Waals surface area (Å²) in [7, 11) is -3.74. The summed E-state index contributed by atoms with van der Waals surface area (Å²) in [5.74, 6) is -0.279. The first kappa shape index (κ1) is 19.9. The van der Waals surface area contributed by atoms with Crippen molar-refractivity contribution in [1.82, 2.24) is 15.0 Å². The summed E-state index contributed by atoms with van der Waals surface area (Å²) in [4.78, 5) is 3.48. The molecule has 2 N–H and O–H groups in total. The second kappa shape index (κ2) is 8.13. The van der Waals surface area contributed by atoms with E-state index in [2.05, 4.69) is 19.8 Å². The second-order valence-electron chi connectivity index (χ2n) is 4.88. The number of pyridine rings is 1. The maximum Gasteiger partial charge on any atom is 0.422 e. The van der Waals surface area contributed by atoms with Crippen LogP contribution >= 0.6 is 12.4 Å². The second-order valence-corrected chi connectivity index (χ2v) is 6.60. The molecule has 132 valence electrons. The quantitative estimate of drug-likeness (QED) is 0.814. The molecule has 1 aliphatic rings. The van der Waals surface area contributed by atoms with Gasteiger partial charge in [0.05, 0.1) is 6.20 Å². The van der Waals surface area contributed by atoms with Gasteiger partial charge in [0.1, 0.15) is 4.90 Å². The smallest absolute Gasteiger partial charge is 0.422 e. The van der Waals surface area contributed by atoms with Gasteiger partial charge in [-0.05, 0) is 32.0 Å². The van der Waals surface area contributed by atoms with E-state index < -0.39 is 22.8 Å². The Balaban J connectivity index is 0.00000264. The maximum absolute atomic E-state index is 12.1. The molecule has 0 aliphatic carbocycles. The predicted octanol–water partition coefficient (Wildman–Crippen LogP) is 1.47. The number of nitrogens with one attached hydrogen (secondary N) is 2. The molecule has 1 aliphatic heterocycles. The van der Waals surface area contributed by atoms with Crippen molar-refractivity contribution in [3.05, 3.63) is 18.3 Å². The molecule has 0 atom stereocenters. The van der Waals surface area contributed by atoms with Crippen LogP contribution in [0.4, 0.5) is 13.2 Å². The molecule has 0 bridgehead atoms. The Morgan fingerprint density at radius 2 is 1.96 bits per heavy atom. The summed E-state index contributed by atoms with van der Waals surface area (Å²) < 4.78 is 67.3. The first-order chi connectivity index (χ1) is 10.3. The number of halogens is 4. The van der Waals surface area contributed by atoms with E-state index in [0.29, 0.717) is 12.8 Å². The zero-order valence-electron chi connectivity index (χ0n) is 12.0. The first-order valence-electron chi connectivity index (χ1n) is 6.65. The van der Waals surface area contributed by atoms with Gasteiger partial charge in [-0.1, -0.05) is 0 Å². The van der Waals surface area contributed by atoms with E-state index in [9.17, 15) is 21.6 Å². The van der Waals surface area contributed by atoms with Gasteiger partial charge in [-0.15, -0.1) is 12.4 Å². The summed E-state index contributed by atoms with van der Waals surface area (Å²) >= 11 is 0. The van der Waals surface area contributed by atoms with Crippen molar-refractivity contribution in [2.45, 2.75) is 30.0 Å². The fourth-order valence-electron chi connectivity index (χ4n) is 1.99. The van der Waals surface area contributed by atoms with E-state index >= 15 is 0 Å². The van der Waals surface area contributed by atoms with Gasteiger partial charge in [0.25, 0.3) is 0 Å². The standard InChI is InChI=1S/C12H16F3N3O3S.ClH/c13-12(14,15)8-21-11-2-1-10(7-17-11)22(19,20)18-9-3-5-16-6-4-9;/h1-2,7,9,16,18H,3-6,8H2;1H. The van der Waals surface area contributed by atoms with E-state index in [1.807, 2.05) is 0 Å². The lowest BCUT2D eigenvalue weighted by Gasteiger charge is -2.23. The molecular formula is C12H17ClF3N3O3S. The van der Waals surface area contributed by atoms with Crippen LogP contribution in [0.15, 0.2) is 23.2 Å². The van der Waals surface area contributed by atoms with Crippen LogP contribution in [0.5, 0.6) is 5.88 Å². The Morgan fingerprint density at radius 1 is 1.30 bits per heavy atom. The van der Waals surface area contributed by atoms with Crippen molar-refractivity contribution in [1.29, 1.82) is 0 Å². The highest BCUT2D eigenvalue weighted by molar-refractivity contribution is 7.89. The zero-order chi connectivity index (χ0) is 16.2. The normalized spacial score (nSPS) is 16.7. The van der Waals surface area contributed by atoms with Crippen LogP contribution < -0.4 is 14.8 Å². The number of piperidine rings is 1. The first-order valence-corrected chi connectivity index (χ1v) is 8.13. The topological polar surface area (TPSA) is 80.3 Å². The Labute approximate surface area is 138 Å². The lowest BCUT2D eigenvalue weighted by atomic mass is 10.1. The fourth-order valence-corrected chi connectivity index (χ4v) is 3.24. The minimum Gasteiger partial charge on any atom is -0.468 e. The Bertz CT molecular complexity index is 590. The predicted molar refractivity (Wildman–Crippen MR) is 79.2 cm³/mol. The zero-order valence-corrected chi connectivity index (χ0v) is 13.6. The van der Waals surface area contributed by atoms with Crippen molar-refractivity contribution < 1.29 is 26.3 Å². The fraction of sp³-hybridized carbons (Fsp3) is 0.583. The third kappa shape index (κ3) is 6.50. The van der Waals surface area contributed by atoms with Crippen LogP contribution in [0.3, 0.4) is 0 Å². The molecule has 1 fully saturated rings. The number of sulfonamides is 1. The average Bonchev–Trinajstić information content (AvgIpc) is 2.45. The number of nitrogens with zero attached hydrogens (tertiary/aromatic N) is 1. The number of hydrogen-bond acceptors (Lipinski definition) is 5. The summed E-state index contributed by atoms with van der Waals surface area (Å²) in [6, 6.07) is 2.11. The van der Waals surface area contributed by atoms with Crippen molar-refractivity contribution in [3.63, 3.8) is 0 Å². The molecule has 2 rings (SSSR count). The molecule has 11 heteroatoms. The molecule has 0 unspecified atom stereocenters. The van der Waals surface area contributed by atoms with Crippen LogP contribution in [0.2, 0.25) is 0 Å². The van der Waals surface area contributed by atoms with Gasteiger partial charge in [0.2, 0.25) is 15.9 Å². The van der Waals surface area contributed by atoms with Crippen LogP contribution in [-0.2, 0) is 10.0 Å². The van der Waals surface area contributed by atoms with E-state index in [1.165, 1.54) is 6.07 Å². The minimum atomic E-state index is -4.47. The molecule has 6 nitrogen and oxygen atoms in total. The number of hydrogen-bond donors (Lipinski definition) is 2. The Morgan fingerprint density at radius 3 is 2.48 bits per heavy atom. The van der Waals surface area contributed by atoms with E-state index in [-0.39, 0.29) is 29.2 Å². The third-order valence-corrected chi connectivity index (χ3v) is 4.57. The molecule has 0 radical (unpaired) electrons. The molecule has 0 aromatic carbocycles.